The summed E-state index contributed by atoms with van der Waals surface area (Å²) in [6.07, 6.45) is 0. The van der Waals surface area contributed by atoms with Gasteiger partial charge in [0.2, 0.25) is 5.91 Å². The average Bonchev–Trinajstić information content (AvgIpc) is 2.70. The van der Waals surface area contributed by atoms with Crippen LogP contribution in [0.5, 0.6) is 11.5 Å². The monoisotopic (exact) mass is 299 g/mol. The lowest BCUT2D eigenvalue weighted by atomic mass is 9.84. The summed E-state index contributed by atoms with van der Waals surface area (Å²) in [5.74, 6) is 1.58. The molecule has 0 radical (unpaired) electrons. The summed E-state index contributed by atoms with van der Waals surface area (Å²) in [5.41, 5.74) is 1.98. The summed E-state index contributed by atoms with van der Waals surface area (Å²) in [6, 6.07) is 13.5. The van der Waals surface area contributed by atoms with Crippen molar-refractivity contribution >= 4 is 17.5 Å². The third-order valence-electron chi connectivity index (χ3n) is 4.36. The summed E-state index contributed by atoms with van der Waals surface area (Å²) in [4.78, 5) is 14.4. The van der Waals surface area contributed by atoms with E-state index in [1.165, 1.54) is 0 Å². The fourth-order valence-electron chi connectivity index (χ4n) is 3.38. The van der Waals surface area contributed by atoms with E-state index in [-0.39, 0.29) is 17.7 Å². The molecule has 1 saturated heterocycles. The van der Waals surface area contributed by atoms with Crippen LogP contribution in [-0.4, -0.2) is 24.4 Å². The van der Waals surface area contributed by atoms with Crippen molar-refractivity contribution < 1.29 is 9.53 Å². The van der Waals surface area contributed by atoms with Crippen molar-refractivity contribution in [1.82, 2.24) is 4.90 Å². The first-order valence-corrected chi connectivity index (χ1v) is 7.34. The van der Waals surface area contributed by atoms with Crippen LogP contribution < -0.4 is 4.74 Å². The first-order chi connectivity index (χ1) is 10.1. The number of hydrogen-bond donors (Lipinski definition) is 0. The maximum absolute atomic E-state index is 12.6. The Kier molecular flexibility index (Phi) is 2.73. The number of hydrogen-bond acceptors (Lipinski definition) is 2. The van der Waals surface area contributed by atoms with Gasteiger partial charge in [0.1, 0.15) is 11.5 Å². The van der Waals surface area contributed by atoms with Gasteiger partial charge in [-0.05, 0) is 24.3 Å². The Morgan fingerprint density at radius 3 is 2.76 bits per heavy atom. The Morgan fingerprint density at radius 1 is 1.14 bits per heavy atom. The highest BCUT2D eigenvalue weighted by Crippen LogP contribution is 2.50. The minimum Gasteiger partial charge on any atom is -0.457 e. The summed E-state index contributed by atoms with van der Waals surface area (Å²) >= 11 is 6.14. The quantitative estimate of drug-likeness (QED) is 0.741. The van der Waals surface area contributed by atoms with Gasteiger partial charge in [-0.25, -0.2) is 0 Å². The molecule has 1 fully saturated rings. The van der Waals surface area contributed by atoms with Gasteiger partial charge in [0.05, 0.1) is 5.92 Å². The van der Waals surface area contributed by atoms with Gasteiger partial charge >= 0.3 is 0 Å². The molecule has 4 rings (SSSR count). The number of likely N-dealkylation sites (tertiary alicyclic amines) is 1. The minimum absolute atomic E-state index is 0.110. The molecule has 0 N–H and O–H groups in total. The Bertz CT molecular complexity index is 743. The number of amides is 1. The van der Waals surface area contributed by atoms with Crippen LogP contribution in [0.15, 0.2) is 42.5 Å². The number of nitrogens with zero attached hydrogens (tertiary/aromatic N) is 1. The standard InChI is InChI=1S/C17H14ClNO2/c1-19-9-13-11-4-2-3-5-14(11)21-15-7-6-10(18)8-12(15)16(13)17(19)20/h2-8,13,16H,9H2,1H3/t13-,16?/m1/s1. The molecule has 4 heteroatoms. The number of fused-ring (bicyclic) bond motifs is 5. The molecule has 2 heterocycles. The van der Waals surface area contributed by atoms with Crippen LogP contribution in [-0.2, 0) is 4.79 Å². The molecule has 0 bridgehead atoms. The minimum atomic E-state index is -0.215. The Balaban J connectivity index is 1.98. The number of ether oxygens (including phenoxy) is 1. The number of halogens is 1. The van der Waals surface area contributed by atoms with Crippen LogP contribution in [0.1, 0.15) is 23.0 Å². The maximum Gasteiger partial charge on any atom is 0.230 e. The molecular weight excluding hydrogens is 286 g/mol. The largest absolute Gasteiger partial charge is 0.457 e. The van der Waals surface area contributed by atoms with Crippen molar-refractivity contribution in [3.8, 4) is 11.5 Å². The normalized spacial score (nSPS) is 23.0. The molecule has 0 spiro atoms. The van der Waals surface area contributed by atoms with Crippen LogP contribution >= 0.6 is 11.6 Å². The molecule has 0 aromatic heterocycles. The van der Waals surface area contributed by atoms with Crippen LogP contribution in [0.3, 0.4) is 0 Å². The van der Waals surface area contributed by atoms with E-state index in [1.54, 1.807) is 11.0 Å². The van der Waals surface area contributed by atoms with Gasteiger partial charge in [-0.2, -0.15) is 0 Å². The Hall–Kier alpha value is -2.00. The zero-order valence-electron chi connectivity index (χ0n) is 11.5. The highest BCUT2D eigenvalue weighted by atomic mass is 35.5. The number of carbonyl (C=O) groups is 1. The molecule has 2 aliphatic heterocycles. The second kappa shape index (κ2) is 4.50. The number of benzene rings is 2. The first kappa shape index (κ1) is 12.7. The van der Waals surface area contributed by atoms with Crippen LogP contribution in [0, 0.1) is 0 Å². The van der Waals surface area contributed by atoms with Crippen molar-refractivity contribution in [2.45, 2.75) is 11.8 Å². The summed E-state index contributed by atoms with van der Waals surface area (Å²) in [6.45, 7) is 0.704. The number of rotatable bonds is 0. The lowest BCUT2D eigenvalue weighted by Crippen LogP contribution is -2.21. The van der Waals surface area contributed by atoms with Crippen LogP contribution in [0.4, 0.5) is 0 Å². The van der Waals surface area contributed by atoms with Gasteiger partial charge in [-0.15, -0.1) is 0 Å². The molecule has 1 unspecified atom stereocenters. The molecule has 106 valence electrons. The predicted octanol–water partition coefficient (Wildman–Crippen LogP) is 3.79. The van der Waals surface area contributed by atoms with Gasteiger partial charge < -0.3 is 9.64 Å². The van der Waals surface area contributed by atoms with E-state index in [0.29, 0.717) is 11.6 Å². The lowest BCUT2D eigenvalue weighted by Gasteiger charge is -2.15. The molecule has 21 heavy (non-hydrogen) atoms. The van der Waals surface area contributed by atoms with E-state index in [9.17, 15) is 4.79 Å². The molecular formula is C17H14ClNO2. The van der Waals surface area contributed by atoms with Crippen molar-refractivity contribution in [3.05, 3.63) is 58.6 Å². The topological polar surface area (TPSA) is 29.5 Å². The van der Waals surface area contributed by atoms with E-state index in [0.717, 1.165) is 22.6 Å². The maximum atomic E-state index is 12.6. The van der Waals surface area contributed by atoms with E-state index in [2.05, 4.69) is 0 Å². The smallest absolute Gasteiger partial charge is 0.230 e. The van der Waals surface area contributed by atoms with Crippen molar-refractivity contribution in [1.29, 1.82) is 0 Å². The molecule has 2 aliphatic rings. The lowest BCUT2D eigenvalue weighted by molar-refractivity contribution is -0.127. The summed E-state index contributed by atoms with van der Waals surface area (Å²) in [5, 5.41) is 0.629. The molecule has 2 aromatic rings. The fourth-order valence-corrected chi connectivity index (χ4v) is 3.56. The highest BCUT2D eigenvalue weighted by Gasteiger charge is 2.44. The Morgan fingerprint density at radius 2 is 1.90 bits per heavy atom. The first-order valence-electron chi connectivity index (χ1n) is 6.96. The third-order valence-corrected chi connectivity index (χ3v) is 4.60. The van der Waals surface area contributed by atoms with Crippen molar-refractivity contribution in [3.63, 3.8) is 0 Å². The third kappa shape index (κ3) is 1.84. The fraction of sp³-hybridized carbons (Fsp3) is 0.235. The zero-order valence-corrected chi connectivity index (χ0v) is 12.3. The van der Waals surface area contributed by atoms with Gasteiger partial charge in [0.25, 0.3) is 0 Å². The average molecular weight is 300 g/mol. The van der Waals surface area contributed by atoms with E-state index >= 15 is 0 Å². The molecule has 3 nitrogen and oxygen atoms in total. The zero-order chi connectivity index (χ0) is 14.6. The van der Waals surface area contributed by atoms with Crippen molar-refractivity contribution in [2.24, 2.45) is 0 Å². The van der Waals surface area contributed by atoms with Gasteiger partial charge in [0, 0.05) is 35.7 Å². The van der Waals surface area contributed by atoms with E-state index < -0.39 is 0 Å². The Labute approximate surface area is 128 Å². The molecule has 0 aliphatic carbocycles. The van der Waals surface area contributed by atoms with E-state index in [1.807, 2.05) is 43.4 Å². The van der Waals surface area contributed by atoms with Gasteiger partial charge in [0.15, 0.2) is 0 Å². The second-order valence-electron chi connectivity index (χ2n) is 5.62. The van der Waals surface area contributed by atoms with Crippen molar-refractivity contribution in [2.75, 3.05) is 13.6 Å². The SMILES string of the molecule is CN1C[C@@H]2c3ccccc3Oc3ccc(Cl)cc3C2C1=O. The molecule has 2 atom stereocenters. The van der Waals surface area contributed by atoms with E-state index in [4.69, 9.17) is 16.3 Å². The van der Waals surface area contributed by atoms with Gasteiger partial charge in [-0.1, -0.05) is 29.8 Å². The van der Waals surface area contributed by atoms with Crippen LogP contribution in [0.2, 0.25) is 5.02 Å². The number of para-hydroxylation sites is 1. The summed E-state index contributed by atoms with van der Waals surface area (Å²) < 4.78 is 6.05. The number of carbonyl (C=O) groups excluding carboxylic acids is 1. The number of likely N-dealkylation sites (N-methyl/N-ethyl adjacent to an activating group) is 1. The molecule has 2 aromatic carbocycles. The van der Waals surface area contributed by atoms with Crippen LogP contribution in [0.25, 0.3) is 0 Å². The summed E-state index contributed by atoms with van der Waals surface area (Å²) in [7, 11) is 1.85. The second-order valence-corrected chi connectivity index (χ2v) is 6.06. The molecule has 0 saturated carbocycles. The van der Waals surface area contributed by atoms with Gasteiger partial charge in [-0.3, -0.25) is 4.79 Å². The molecule has 1 amide bonds. The predicted molar refractivity (Wildman–Crippen MR) is 81.1 cm³/mol. The highest BCUT2D eigenvalue weighted by molar-refractivity contribution is 6.30.